The van der Waals surface area contributed by atoms with Gasteiger partial charge in [-0.25, -0.2) is 0 Å². The molecule has 0 aromatic heterocycles. The van der Waals surface area contributed by atoms with Gasteiger partial charge in [-0.1, -0.05) is 52.0 Å². The summed E-state index contributed by atoms with van der Waals surface area (Å²) in [5.74, 6) is -0.120. The van der Waals surface area contributed by atoms with Crippen molar-refractivity contribution < 1.29 is 9.59 Å². The third-order valence-electron chi connectivity index (χ3n) is 7.06. The summed E-state index contributed by atoms with van der Waals surface area (Å²) in [6, 6.07) is 1.03. The first-order chi connectivity index (χ1) is 18.8. The molecule has 0 bridgehead atoms. The molecule has 226 valence electrons. The van der Waals surface area contributed by atoms with Gasteiger partial charge in [-0.3, -0.25) is 9.59 Å². The molecule has 0 saturated carbocycles. The number of allylic oxidation sites excluding steroid dienone is 7. The molecule has 0 aromatic carbocycles. The molecule has 3 rings (SSSR count). The summed E-state index contributed by atoms with van der Waals surface area (Å²) in [7, 11) is 0. The quantitative estimate of drug-likeness (QED) is 0.285. The molecular formula is C34H58N4O2. The second-order valence-corrected chi connectivity index (χ2v) is 12.2. The van der Waals surface area contributed by atoms with Gasteiger partial charge in [0, 0.05) is 46.9 Å². The summed E-state index contributed by atoms with van der Waals surface area (Å²) in [5.41, 5.74) is 2.69. The zero-order valence-electron chi connectivity index (χ0n) is 27.2. The Labute approximate surface area is 245 Å². The molecule has 0 aromatic rings. The van der Waals surface area contributed by atoms with Crippen LogP contribution in [0.1, 0.15) is 108 Å². The Kier molecular flexibility index (Phi) is 14.9. The van der Waals surface area contributed by atoms with E-state index in [9.17, 15) is 9.59 Å². The fourth-order valence-corrected chi connectivity index (χ4v) is 6.11. The van der Waals surface area contributed by atoms with Gasteiger partial charge in [0.2, 0.25) is 5.91 Å². The van der Waals surface area contributed by atoms with Gasteiger partial charge in [0.05, 0.1) is 0 Å². The highest BCUT2D eigenvalue weighted by Crippen LogP contribution is 2.25. The third kappa shape index (κ3) is 12.4. The molecule has 6 nitrogen and oxygen atoms in total. The summed E-state index contributed by atoms with van der Waals surface area (Å²) >= 11 is 0. The van der Waals surface area contributed by atoms with Crippen LogP contribution in [-0.2, 0) is 9.59 Å². The van der Waals surface area contributed by atoms with Crippen LogP contribution in [0.25, 0.3) is 0 Å². The molecular weight excluding hydrogens is 496 g/mol. The molecule has 2 saturated heterocycles. The first-order valence-corrected chi connectivity index (χ1v) is 15.4. The van der Waals surface area contributed by atoms with Crippen LogP contribution in [-0.4, -0.2) is 47.1 Å². The van der Waals surface area contributed by atoms with Crippen molar-refractivity contribution in [2.45, 2.75) is 144 Å². The highest BCUT2D eigenvalue weighted by Gasteiger charge is 2.33. The minimum atomic E-state index is -0.0730. The van der Waals surface area contributed by atoms with E-state index < -0.39 is 0 Å². The number of carbonyl (C=O) groups is 2. The molecule has 2 amide bonds. The maximum Gasteiger partial charge on any atom is 0.251 e. The summed E-state index contributed by atoms with van der Waals surface area (Å²) in [4.78, 5) is 25.9. The Morgan fingerprint density at radius 2 is 1.35 bits per heavy atom. The van der Waals surface area contributed by atoms with Gasteiger partial charge in [0.15, 0.2) is 0 Å². The number of piperidine rings is 2. The van der Waals surface area contributed by atoms with Gasteiger partial charge in [-0.05, 0) is 104 Å². The highest BCUT2D eigenvalue weighted by molar-refractivity contribution is 5.97. The summed E-state index contributed by atoms with van der Waals surface area (Å²) in [6.07, 6.45) is 17.6. The molecule has 0 radical (unpaired) electrons. The van der Waals surface area contributed by atoms with E-state index in [1.54, 1.807) is 6.08 Å². The molecule has 2 fully saturated rings. The zero-order valence-corrected chi connectivity index (χ0v) is 27.2. The fraction of sp³-hybridized carbons (Fsp3) is 0.647. The van der Waals surface area contributed by atoms with Gasteiger partial charge in [0.25, 0.3) is 5.91 Å². The van der Waals surface area contributed by atoms with E-state index in [1.807, 2.05) is 71.1 Å². The number of hydrogen-bond donors (Lipinski definition) is 4. The Morgan fingerprint density at radius 3 is 1.85 bits per heavy atom. The van der Waals surface area contributed by atoms with Gasteiger partial charge >= 0.3 is 0 Å². The van der Waals surface area contributed by atoms with E-state index >= 15 is 0 Å². The van der Waals surface area contributed by atoms with Crippen LogP contribution in [0.4, 0.5) is 0 Å². The molecule has 1 aliphatic carbocycles. The van der Waals surface area contributed by atoms with Crippen molar-refractivity contribution in [3.05, 3.63) is 59.3 Å². The van der Waals surface area contributed by atoms with Crippen LogP contribution in [0.2, 0.25) is 0 Å². The van der Waals surface area contributed by atoms with Crippen LogP contribution in [0.5, 0.6) is 0 Å². The van der Waals surface area contributed by atoms with Crippen molar-refractivity contribution in [1.82, 2.24) is 21.3 Å². The molecule has 4 unspecified atom stereocenters. The molecule has 6 heteroatoms. The van der Waals surface area contributed by atoms with Gasteiger partial charge in [-0.2, -0.15) is 0 Å². The van der Waals surface area contributed by atoms with Crippen molar-refractivity contribution in [2.75, 3.05) is 0 Å². The summed E-state index contributed by atoms with van der Waals surface area (Å²) in [6.45, 7) is 23.0. The SMILES string of the molecule is C/C=C\C1=CC(C(=O)NC2CC(C)NC(C)(C)C2)=CC=C(/C=C/C(=O)NC2CC(C)NC(C)(C)C2)C1.CC.CC. The first kappa shape index (κ1) is 35.6. The predicted octanol–water partition coefficient (Wildman–Crippen LogP) is 6.42. The van der Waals surface area contributed by atoms with Crippen LogP contribution >= 0.6 is 0 Å². The zero-order chi connectivity index (χ0) is 30.5. The lowest BCUT2D eigenvalue weighted by molar-refractivity contribution is -0.118. The Balaban J connectivity index is 0.00000191. The van der Waals surface area contributed by atoms with Gasteiger partial charge < -0.3 is 21.3 Å². The van der Waals surface area contributed by atoms with E-state index in [0.29, 0.717) is 24.1 Å². The Bertz CT molecular complexity index is 984. The largest absolute Gasteiger partial charge is 0.350 e. The van der Waals surface area contributed by atoms with Crippen molar-refractivity contribution in [2.24, 2.45) is 0 Å². The third-order valence-corrected chi connectivity index (χ3v) is 7.06. The van der Waals surface area contributed by atoms with Crippen LogP contribution in [0, 0.1) is 0 Å². The van der Waals surface area contributed by atoms with E-state index in [0.717, 1.165) is 36.8 Å². The number of nitrogens with one attached hydrogen (secondary N) is 4. The highest BCUT2D eigenvalue weighted by atomic mass is 16.2. The van der Waals surface area contributed by atoms with Crippen molar-refractivity contribution in [3.63, 3.8) is 0 Å². The minimum absolute atomic E-state index is 0.000232. The second-order valence-electron chi connectivity index (χ2n) is 12.2. The lowest BCUT2D eigenvalue weighted by Crippen LogP contribution is -2.56. The molecule has 2 aliphatic heterocycles. The van der Waals surface area contributed by atoms with Gasteiger partial charge in [0.1, 0.15) is 0 Å². The maximum atomic E-state index is 13.2. The van der Waals surface area contributed by atoms with E-state index in [1.165, 1.54) is 0 Å². The standard InChI is InChI=1S/C30H46N4O2.2C2H6/c1-8-9-23-16-22(11-13-27(35)31-25-14-20(2)33-29(4,5)18-25)10-12-24(17-23)28(36)32-26-15-21(3)34-30(6,7)19-26;2*1-2/h8-13,17,20-21,25-26,33-34H,14-16,18-19H2,1-7H3,(H,31,35)(H,32,36);2*1-2H3/b9-8-,13-11+;;. The molecule has 3 aliphatic rings. The molecule has 0 spiro atoms. The lowest BCUT2D eigenvalue weighted by atomic mass is 9.86. The lowest BCUT2D eigenvalue weighted by Gasteiger charge is -2.40. The average molecular weight is 555 g/mol. The summed E-state index contributed by atoms with van der Waals surface area (Å²) in [5, 5.41) is 13.6. The van der Waals surface area contributed by atoms with Crippen molar-refractivity contribution >= 4 is 11.8 Å². The topological polar surface area (TPSA) is 82.3 Å². The van der Waals surface area contributed by atoms with Crippen molar-refractivity contribution in [3.8, 4) is 0 Å². The predicted molar refractivity (Wildman–Crippen MR) is 171 cm³/mol. The molecule has 2 heterocycles. The van der Waals surface area contributed by atoms with Crippen LogP contribution < -0.4 is 21.3 Å². The molecule has 40 heavy (non-hydrogen) atoms. The van der Waals surface area contributed by atoms with Crippen LogP contribution in [0.15, 0.2) is 59.3 Å². The molecule has 4 N–H and O–H groups in total. The fourth-order valence-electron chi connectivity index (χ4n) is 6.11. The first-order valence-electron chi connectivity index (χ1n) is 15.4. The Morgan fingerprint density at radius 1 is 0.825 bits per heavy atom. The monoisotopic (exact) mass is 554 g/mol. The number of hydrogen-bond acceptors (Lipinski definition) is 4. The molecule has 4 atom stereocenters. The van der Waals surface area contributed by atoms with E-state index in [2.05, 4.69) is 62.8 Å². The second kappa shape index (κ2) is 16.7. The van der Waals surface area contributed by atoms with Crippen molar-refractivity contribution in [1.29, 1.82) is 0 Å². The van der Waals surface area contributed by atoms with Crippen LogP contribution in [0.3, 0.4) is 0 Å². The number of carbonyl (C=O) groups excluding carboxylic acids is 2. The number of amides is 2. The minimum Gasteiger partial charge on any atom is -0.350 e. The Hall–Kier alpha value is -2.44. The normalized spacial score (nSPS) is 27.5. The maximum absolute atomic E-state index is 13.2. The summed E-state index contributed by atoms with van der Waals surface area (Å²) < 4.78 is 0. The van der Waals surface area contributed by atoms with Gasteiger partial charge in [-0.15, -0.1) is 0 Å². The smallest absolute Gasteiger partial charge is 0.251 e. The average Bonchev–Trinajstić information content (AvgIpc) is 3.05. The van der Waals surface area contributed by atoms with E-state index in [4.69, 9.17) is 0 Å². The van der Waals surface area contributed by atoms with E-state index in [-0.39, 0.29) is 35.0 Å². The number of rotatable bonds is 6.